The molecule has 1 atom stereocenters. The van der Waals surface area contributed by atoms with Gasteiger partial charge in [-0.15, -0.1) is 24.8 Å². The molecule has 0 bridgehead atoms. The van der Waals surface area contributed by atoms with Crippen LogP contribution in [0.5, 0.6) is 0 Å². The number of nitrogens with zero attached hydrogens (tertiary/aromatic N) is 3. The number of piperidine rings is 1. The Hall–Kier alpha value is -1.41. The van der Waals surface area contributed by atoms with Crippen molar-refractivity contribution in [3.8, 4) is 0 Å². The van der Waals surface area contributed by atoms with Crippen LogP contribution in [0.3, 0.4) is 0 Å². The standard InChI is InChI=1S/C25H38N4O3.2ClH/c1-2-3-15-29-22(30)21(18-24(32)10-6-4-7-11-24)27-23(31)25(29)12-16-28(17-13-25)19-20-9-5-8-14-26-20;;/h5,8-9,14,21,32H,2-4,6-7,10-13,15-19H2,1H3,(H,27,31);2*1H/t21-;;/m1../s1. The molecule has 1 aliphatic carbocycles. The minimum atomic E-state index is -0.834. The van der Waals surface area contributed by atoms with E-state index in [-0.39, 0.29) is 36.6 Å². The molecule has 3 fully saturated rings. The molecular formula is C25H40Cl2N4O3. The Kier molecular flexibility index (Phi) is 10.6. The third-order valence-corrected chi connectivity index (χ3v) is 7.71. The summed E-state index contributed by atoms with van der Waals surface area (Å²) in [5, 5.41) is 14.1. The molecule has 1 spiro atoms. The number of aromatic nitrogens is 1. The largest absolute Gasteiger partial charge is 0.390 e. The molecule has 7 nitrogen and oxygen atoms in total. The predicted octanol–water partition coefficient (Wildman–Crippen LogP) is 3.47. The molecule has 3 aliphatic rings. The minimum Gasteiger partial charge on any atom is -0.390 e. The van der Waals surface area contributed by atoms with Crippen molar-refractivity contribution >= 4 is 36.6 Å². The smallest absolute Gasteiger partial charge is 0.246 e. The summed E-state index contributed by atoms with van der Waals surface area (Å²) in [4.78, 5) is 35.7. The van der Waals surface area contributed by atoms with Crippen LogP contribution in [0, 0.1) is 0 Å². The summed E-state index contributed by atoms with van der Waals surface area (Å²) in [6, 6.07) is 5.32. The summed E-state index contributed by atoms with van der Waals surface area (Å²) in [5.74, 6) is -0.0367. The number of carbonyl (C=O) groups excluding carboxylic acids is 2. The zero-order chi connectivity index (χ0) is 22.6. The van der Waals surface area contributed by atoms with Gasteiger partial charge in [-0.05, 0) is 44.2 Å². The topological polar surface area (TPSA) is 85.8 Å². The van der Waals surface area contributed by atoms with Gasteiger partial charge in [0.05, 0.1) is 11.3 Å². The summed E-state index contributed by atoms with van der Waals surface area (Å²) in [7, 11) is 0. The third-order valence-electron chi connectivity index (χ3n) is 7.71. The number of nitrogens with one attached hydrogen (secondary N) is 1. The first-order chi connectivity index (χ1) is 15.5. The summed E-state index contributed by atoms with van der Waals surface area (Å²) < 4.78 is 0. The van der Waals surface area contributed by atoms with E-state index in [1.807, 2.05) is 23.1 Å². The Morgan fingerprint density at radius 3 is 2.41 bits per heavy atom. The predicted molar refractivity (Wildman–Crippen MR) is 137 cm³/mol. The molecule has 0 radical (unpaired) electrons. The first kappa shape index (κ1) is 28.8. The second-order valence-corrected chi connectivity index (χ2v) is 9.99. The van der Waals surface area contributed by atoms with Gasteiger partial charge in [-0.2, -0.15) is 0 Å². The van der Waals surface area contributed by atoms with Crippen molar-refractivity contribution in [2.24, 2.45) is 0 Å². The number of pyridine rings is 1. The van der Waals surface area contributed by atoms with Crippen LogP contribution in [0.2, 0.25) is 0 Å². The second-order valence-electron chi connectivity index (χ2n) is 9.99. The highest BCUT2D eigenvalue weighted by Crippen LogP contribution is 2.37. The fraction of sp³-hybridized carbons (Fsp3) is 0.720. The number of likely N-dealkylation sites (tertiary alicyclic amines) is 1. The van der Waals surface area contributed by atoms with Crippen molar-refractivity contribution in [3.05, 3.63) is 30.1 Å². The van der Waals surface area contributed by atoms with E-state index in [0.717, 1.165) is 70.3 Å². The van der Waals surface area contributed by atoms with Crippen LogP contribution in [0.1, 0.15) is 76.8 Å². The van der Waals surface area contributed by atoms with Crippen LogP contribution in [-0.4, -0.2) is 68.5 Å². The Bertz CT molecular complexity index is 797. The normalized spacial score (nSPS) is 24.2. The maximum Gasteiger partial charge on any atom is 0.246 e. The number of halogens is 2. The van der Waals surface area contributed by atoms with Crippen molar-refractivity contribution in [2.45, 2.75) is 94.9 Å². The monoisotopic (exact) mass is 514 g/mol. The third kappa shape index (κ3) is 6.23. The van der Waals surface area contributed by atoms with Gasteiger partial charge in [-0.3, -0.25) is 19.5 Å². The lowest BCUT2D eigenvalue weighted by Gasteiger charge is -2.52. The second kappa shape index (κ2) is 12.5. The highest BCUT2D eigenvalue weighted by atomic mass is 35.5. The number of amides is 2. The lowest BCUT2D eigenvalue weighted by atomic mass is 9.77. The minimum absolute atomic E-state index is 0. The van der Waals surface area contributed by atoms with E-state index in [1.54, 1.807) is 6.20 Å². The van der Waals surface area contributed by atoms with Gasteiger partial charge in [0.15, 0.2) is 0 Å². The number of rotatable bonds is 7. The fourth-order valence-corrected chi connectivity index (χ4v) is 5.75. The van der Waals surface area contributed by atoms with E-state index < -0.39 is 17.2 Å². The Balaban J connectivity index is 0.00000204. The first-order valence-electron chi connectivity index (χ1n) is 12.4. The maximum absolute atomic E-state index is 13.6. The van der Waals surface area contributed by atoms with Gasteiger partial charge in [0.1, 0.15) is 11.6 Å². The highest BCUT2D eigenvalue weighted by Gasteiger charge is 2.54. The van der Waals surface area contributed by atoms with E-state index in [4.69, 9.17) is 0 Å². The summed E-state index contributed by atoms with van der Waals surface area (Å²) in [5.41, 5.74) is -0.576. The van der Waals surface area contributed by atoms with Crippen molar-refractivity contribution in [2.75, 3.05) is 19.6 Å². The highest BCUT2D eigenvalue weighted by molar-refractivity contribution is 6.00. The van der Waals surface area contributed by atoms with Gasteiger partial charge in [0, 0.05) is 38.8 Å². The zero-order valence-corrected chi connectivity index (χ0v) is 21.8. The van der Waals surface area contributed by atoms with Crippen LogP contribution in [0.4, 0.5) is 0 Å². The molecule has 1 aromatic heterocycles. The van der Waals surface area contributed by atoms with Crippen molar-refractivity contribution in [3.63, 3.8) is 0 Å². The lowest BCUT2D eigenvalue weighted by molar-refractivity contribution is -0.163. The van der Waals surface area contributed by atoms with Gasteiger partial charge in [0.2, 0.25) is 11.8 Å². The molecule has 192 valence electrons. The van der Waals surface area contributed by atoms with Gasteiger partial charge < -0.3 is 15.3 Å². The van der Waals surface area contributed by atoms with Crippen molar-refractivity contribution in [1.82, 2.24) is 20.1 Å². The molecule has 0 unspecified atom stereocenters. The Labute approximate surface area is 215 Å². The molecule has 2 amide bonds. The molecule has 0 aromatic carbocycles. The SMILES string of the molecule is CCCCN1C(=O)[C@@H](CC2(O)CCCCC2)NC(=O)C12CCN(Cc1ccccn1)CC2.Cl.Cl. The Morgan fingerprint density at radius 1 is 1.09 bits per heavy atom. The molecule has 3 heterocycles. The zero-order valence-electron chi connectivity index (χ0n) is 20.2. The van der Waals surface area contributed by atoms with Crippen molar-refractivity contribution < 1.29 is 14.7 Å². The van der Waals surface area contributed by atoms with Crippen LogP contribution in [0.25, 0.3) is 0 Å². The Morgan fingerprint density at radius 2 is 1.79 bits per heavy atom. The van der Waals surface area contributed by atoms with E-state index in [0.29, 0.717) is 25.8 Å². The summed E-state index contributed by atoms with van der Waals surface area (Å²) in [6.07, 6.45) is 9.82. The van der Waals surface area contributed by atoms with E-state index in [1.165, 1.54) is 0 Å². The van der Waals surface area contributed by atoms with Gasteiger partial charge in [-0.1, -0.05) is 38.7 Å². The summed E-state index contributed by atoms with van der Waals surface area (Å²) >= 11 is 0. The molecule has 2 saturated heterocycles. The van der Waals surface area contributed by atoms with Gasteiger partial charge >= 0.3 is 0 Å². The molecule has 34 heavy (non-hydrogen) atoms. The molecule has 9 heteroatoms. The number of aliphatic hydroxyl groups is 1. The van der Waals surface area contributed by atoms with E-state index >= 15 is 0 Å². The number of piperazine rings is 1. The quantitative estimate of drug-likeness (QED) is 0.581. The van der Waals surface area contributed by atoms with Crippen LogP contribution in [-0.2, 0) is 16.1 Å². The summed E-state index contributed by atoms with van der Waals surface area (Å²) in [6.45, 7) is 5.00. The fourth-order valence-electron chi connectivity index (χ4n) is 5.75. The first-order valence-corrected chi connectivity index (χ1v) is 12.4. The molecular weight excluding hydrogens is 475 g/mol. The molecule has 2 N–H and O–H groups in total. The molecule has 2 aliphatic heterocycles. The van der Waals surface area contributed by atoms with Gasteiger partial charge in [-0.25, -0.2) is 0 Å². The van der Waals surface area contributed by atoms with Crippen molar-refractivity contribution in [1.29, 1.82) is 0 Å². The number of carbonyl (C=O) groups is 2. The molecule has 1 saturated carbocycles. The number of hydrogen-bond donors (Lipinski definition) is 2. The van der Waals surface area contributed by atoms with E-state index in [2.05, 4.69) is 22.1 Å². The average Bonchev–Trinajstić information content (AvgIpc) is 2.80. The maximum atomic E-state index is 13.6. The number of unbranched alkanes of at least 4 members (excludes halogenated alkanes) is 1. The van der Waals surface area contributed by atoms with Crippen LogP contribution < -0.4 is 5.32 Å². The number of hydrogen-bond acceptors (Lipinski definition) is 5. The van der Waals surface area contributed by atoms with Gasteiger partial charge in [0.25, 0.3) is 0 Å². The van der Waals surface area contributed by atoms with Crippen LogP contribution >= 0.6 is 24.8 Å². The average molecular weight is 516 g/mol. The van der Waals surface area contributed by atoms with E-state index in [9.17, 15) is 14.7 Å². The molecule has 1 aromatic rings. The lowest BCUT2D eigenvalue weighted by Crippen LogP contribution is -2.73. The molecule has 4 rings (SSSR count). The van der Waals surface area contributed by atoms with Crippen LogP contribution in [0.15, 0.2) is 24.4 Å².